The fourth-order valence-corrected chi connectivity index (χ4v) is 2.10. The van der Waals surface area contributed by atoms with Crippen LogP contribution in [0.1, 0.15) is 16.1 Å². The van der Waals surface area contributed by atoms with Crippen LogP contribution >= 0.6 is 0 Å². The molecule has 0 spiro atoms. The number of benzene rings is 1. The molecule has 0 unspecified atom stereocenters. The summed E-state index contributed by atoms with van der Waals surface area (Å²) in [6.07, 6.45) is 0. The first-order valence-corrected chi connectivity index (χ1v) is 5.85. The normalized spacial score (nSPS) is 13.3. The summed E-state index contributed by atoms with van der Waals surface area (Å²) >= 11 is 0. The lowest BCUT2D eigenvalue weighted by molar-refractivity contribution is 0.0690. The number of aromatic amines is 1. The third-order valence-corrected chi connectivity index (χ3v) is 3.04. The van der Waals surface area contributed by atoms with E-state index in [1.54, 1.807) is 0 Å². The van der Waals surface area contributed by atoms with Gasteiger partial charge in [-0.05, 0) is 25.1 Å². The van der Waals surface area contributed by atoms with Crippen molar-refractivity contribution in [1.29, 1.82) is 0 Å². The SMILES string of the molecule is Cc1c(-c2cc(C(=O)O)[nH]n2)ccc2c1OCCO2. The lowest BCUT2D eigenvalue weighted by atomic mass is 10.0. The number of nitrogens with one attached hydrogen (secondary N) is 1. The molecule has 0 bridgehead atoms. The number of fused-ring (bicyclic) bond motifs is 1. The number of H-pyrrole nitrogens is 1. The Morgan fingerprint density at radius 2 is 2.16 bits per heavy atom. The highest BCUT2D eigenvalue weighted by Crippen LogP contribution is 2.38. The molecule has 0 aliphatic carbocycles. The Balaban J connectivity index is 2.07. The predicted octanol–water partition coefficient (Wildman–Crippen LogP) is 1.85. The molecule has 1 aromatic carbocycles. The van der Waals surface area contributed by atoms with E-state index in [9.17, 15) is 4.79 Å². The summed E-state index contributed by atoms with van der Waals surface area (Å²) in [7, 11) is 0. The van der Waals surface area contributed by atoms with Crippen LogP contribution in [0.3, 0.4) is 0 Å². The average Bonchev–Trinajstić information content (AvgIpc) is 2.89. The number of hydrogen-bond acceptors (Lipinski definition) is 4. The van der Waals surface area contributed by atoms with Gasteiger partial charge >= 0.3 is 5.97 Å². The number of aromatic carboxylic acids is 1. The zero-order valence-electron chi connectivity index (χ0n) is 10.3. The molecule has 2 aromatic rings. The first-order chi connectivity index (χ1) is 9.16. The Kier molecular flexibility index (Phi) is 2.63. The molecule has 0 saturated carbocycles. The van der Waals surface area contributed by atoms with Crippen molar-refractivity contribution >= 4 is 5.97 Å². The molecule has 6 nitrogen and oxygen atoms in total. The minimum absolute atomic E-state index is 0.0595. The number of aromatic nitrogens is 2. The topological polar surface area (TPSA) is 84.4 Å². The molecule has 98 valence electrons. The van der Waals surface area contributed by atoms with E-state index >= 15 is 0 Å². The molecule has 0 atom stereocenters. The van der Waals surface area contributed by atoms with Crippen molar-refractivity contribution in [2.45, 2.75) is 6.92 Å². The van der Waals surface area contributed by atoms with Gasteiger partial charge in [0.25, 0.3) is 0 Å². The molecule has 0 fully saturated rings. The van der Waals surface area contributed by atoms with Gasteiger partial charge in [0, 0.05) is 11.1 Å². The lowest BCUT2D eigenvalue weighted by Gasteiger charge is -2.21. The van der Waals surface area contributed by atoms with Crippen LogP contribution in [0, 0.1) is 6.92 Å². The standard InChI is InChI=1S/C13H12N2O4/c1-7-8(9-6-10(13(16)17)15-14-9)2-3-11-12(7)19-5-4-18-11/h2-3,6H,4-5H2,1H3,(H,14,15)(H,16,17). The number of carboxylic acid groups (broad SMARTS) is 1. The van der Waals surface area contributed by atoms with E-state index in [1.807, 2.05) is 19.1 Å². The number of carbonyl (C=O) groups is 1. The predicted molar refractivity (Wildman–Crippen MR) is 66.7 cm³/mol. The molecule has 0 radical (unpaired) electrons. The van der Waals surface area contributed by atoms with E-state index in [2.05, 4.69) is 10.2 Å². The Bertz CT molecular complexity index is 648. The van der Waals surface area contributed by atoms with Gasteiger partial charge in [-0.3, -0.25) is 5.10 Å². The van der Waals surface area contributed by atoms with Gasteiger partial charge in [0.1, 0.15) is 18.9 Å². The highest BCUT2D eigenvalue weighted by molar-refractivity contribution is 5.87. The van der Waals surface area contributed by atoms with Crippen molar-refractivity contribution in [3.63, 3.8) is 0 Å². The first kappa shape index (κ1) is 11.6. The molecule has 6 heteroatoms. The molecule has 2 N–H and O–H groups in total. The van der Waals surface area contributed by atoms with Crippen LogP contribution < -0.4 is 9.47 Å². The second-order valence-corrected chi connectivity index (χ2v) is 4.23. The van der Waals surface area contributed by atoms with E-state index in [-0.39, 0.29) is 5.69 Å². The summed E-state index contributed by atoms with van der Waals surface area (Å²) in [5, 5.41) is 15.4. The van der Waals surface area contributed by atoms with Crippen molar-refractivity contribution in [3.8, 4) is 22.8 Å². The maximum atomic E-state index is 10.8. The maximum Gasteiger partial charge on any atom is 0.353 e. The second kappa shape index (κ2) is 4.31. The smallest absolute Gasteiger partial charge is 0.353 e. The van der Waals surface area contributed by atoms with Gasteiger partial charge in [-0.25, -0.2) is 4.79 Å². The first-order valence-electron chi connectivity index (χ1n) is 5.85. The van der Waals surface area contributed by atoms with Crippen molar-refractivity contribution in [2.24, 2.45) is 0 Å². The van der Waals surface area contributed by atoms with Gasteiger partial charge in [-0.15, -0.1) is 0 Å². The quantitative estimate of drug-likeness (QED) is 0.860. The summed E-state index contributed by atoms with van der Waals surface area (Å²) in [6.45, 7) is 2.95. The number of hydrogen-bond donors (Lipinski definition) is 2. The number of rotatable bonds is 2. The van der Waals surface area contributed by atoms with Crippen LogP contribution in [0.5, 0.6) is 11.5 Å². The Morgan fingerprint density at radius 3 is 2.89 bits per heavy atom. The van der Waals surface area contributed by atoms with Crippen LogP contribution in [0.25, 0.3) is 11.3 Å². The fraction of sp³-hybridized carbons (Fsp3) is 0.231. The Labute approximate surface area is 109 Å². The molecular formula is C13H12N2O4. The minimum atomic E-state index is -1.03. The highest BCUT2D eigenvalue weighted by atomic mass is 16.6. The van der Waals surface area contributed by atoms with Crippen molar-refractivity contribution < 1.29 is 19.4 Å². The molecule has 1 aliphatic rings. The van der Waals surface area contributed by atoms with E-state index in [1.165, 1.54) is 6.07 Å². The lowest BCUT2D eigenvalue weighted by Crippen LogP contribution is -2.16. The molecule has 3 rings (SSSR count). The van der Waals surface area contributed by atoms with Gasteiger partial charge in [-0.2, -0.15) is 5.10 Å². The molecule has 0 saturated heterocycles. The third kappa shape index (κ3) is 1.91. The van der Waals surface area contributed by atoms with Crippen molar-refractivity contribution in [3.05, 3.63) is 29.5 Å². The van der Waals surface area contributed by atoms with E-state index in [0.717, 1.165) is 11.1 Å². The molecule has 1 aliphatic heterocycles. The highest BCUT2D eigenvalue weighted by Gasteiger charge is 2.19. The molecule has 19 heavy (non-hydrogen) atoms. The second-order valence-electron chi connectivity index (χ2n) is 4.23. The molecule has 0 amide bonds. The van der Waals surface area contributed by atoms with E-state index < -0.39 is 5.97 Å². The van der Waals surface area contributed by atoms with Gasteiger partial charge < -0.3 is 14.6 Å². The van der Waals surface area contributed by atoms with Gasteiger partial charge in [0.15, 0.2) is 11.5 Å². The van der Waals surface area contributed by atoms with Crippen LogP contribution in [0.15, 0.2) is 18.2 Å². The van der Waals surface area contributed by atoms with E-state index in [4.69, 9.17) is 14.6 Å². The molecular weight excluding hydrogens is 248 g/mol. The van der Waals surface area contributed by atoms with Crippen LogP contribution in [0.4, 0.5) is 0 Å². The van der Waals surface area contributed by atoms with Gasteiger partial charge in [-0.1, -0.05) is 0 Å². The van der Waals surface area contributed by atoms with Gasteiger partial charge in [0.05, 0.1) is 5.69 Å². The average molecular weight is 260 g/mol. The maximum absolute atomic E-state index is 10.8. The fourth-order valence-electron chi connectivity index (χ4n) is 2.10. The summed E-state index contributed by atoms with van der Waals surface area (Å²) in [4.78, 5) is 10.8. The molecule has 1 aromatic heterocycles. The van der Waals surface area contributed by atoms with Gasteiger partial charge in [0.2, 0.25) is 0 Å². The Morgan fingerprint density at radius 1 is 1.37 bits per heavy atom. The van der Waals surface area contributed by atoms with E-state index in [0.29, 0.717) is 30.4 Å². The van der Waals surface area contributed by atoms with Crippen LogP contribution in [0.2, 0.25) is 0 Å². The molecule has 2 heterocycles. The summed E-state index contributed by atoms with van der Waals surface area (Å²) in [5.41, 5.74) is 2.35. The van der Waals surface area contributed by atoms with Crippen molar-refractivity contribution in [2.75, 3.05) is 13.2 Å². The zero-order valence-corrected chi connectivity index (χ0v) is 10.3. The van der Waals surface area contributed by atoms with Crippen LogP contribution in [-0.4, -0.2) is 34.5 Å². The zero-order chi connectivity index (χ0) is 13.4. The number of nitrogens with zero attached hydrogens (tertiary/aromatic N) is 1. The largest absolute Gasteiger partial charge is 0.486 e. The summed E-state index contributed by atoms with van der Waals surface area (Å²) in [6, 6.07) is 5.16. The number of carboxylic acids is 1. The third-order valence-electron chi connectivity index (χ3n) is 3.04. The number of ether oxygens (including phenoxy) is 2. The van der Waals surface area contributed by atoms with Crippen molar-refractivity contribution in [1.82, 2.24) is 10.2 Å². The summed E-state index contributed by atoms with van der Waals surface area (Å²) in [5.74, 6) is 0.374. The monoisotopic (exact) mass is 260 g/mol. The minimum Gasteiger partial charge on any atom is -0.486 e. The summed E-state index contributed by atoms with van der Waals surface area (Å²) < 4.78 is 11.1. The Hall–Kier alpha value is -2.50. The van der Waals surface area contributed by atoms with Crippen LogP contribution in [-0.2, 0) is 0 Å².